The van der Waals surface area contributed by atoms with E-state index in [4.69, 9.17) is 0 Å². The van der Waals surface area contributed by atoms with Crippen molar-refractivity contribution in [1.82, 2.24) is 15.1 Å². The maximum atomic E-state index is 12.3. The summed E-state index contributed by atoms with van der Waals surface area (Å²) in [4.78, 5) is 9.85. The van der Waals surface area contributed by atoms with Gasteiger partial charge in [0.25, 0.3) is 15.7 Å². The van der Waals surface area contributed by atoms with Crippen LogP contribution in [0.1, 0.15) is 6.04 Å². The molecule has 0 spiro atoms. The summed E-state index contributed by atoms with van der Waals surface area (Å²) in [5.41, 5.74) is -0.198. The number of rotatable bonds is 5. The number of nitro groups is 1. The first-order valence-corrected chi connectivity index (χ1v) is 7.97. The van der Waals surface area contributed by atoms with Gasteiger partial charge in [0.05, 0.1) is 22.8 Å². The topological polar surface area (TPSA) is 119 Å². The molecule has 2 N–H and O–H groups in total. The Morgan fingerprint density at radius 3 is 2.73 bits per heavy atom. The molecule has 0 radical (unpaired) electrons. The third-order valence-corrected chi connectivity index (χ3v) is 4.77. The summed E-state index contributed by atoms with van der Waals surface area (Å²) in [6, 6.07) is 5.40. The van der Waals surface area contributed by atoms with E-state index in [1.54, 1.807) is 10.9 Å². The van der Waals surface area contributed by atoms with Crippen molar-refractivity contribution in [3.63, 3.8) is 0 Å². The number of hydrogen-bond acceptors (Lipinski definition) is 6. The summed E-state index contributed by atoms with van der Waals surface area (Å²) in [7, 11) is -4.05. The first-order chi connectivity index (χ1) is 10.5. The van der Waals surface area contributed by atoms with Gasteiger partial charge in [0.1, 0.15) is 0 Å². The van der Waals surface area contributed by atoms with Crippen molar-refractivity contribution in [2.45, 2.75) is 10.9 Å². The molecule has 1 aliphatic heterocycles. The number of benzene rings is 1. The summed E-state index contributed by atoms with van der Waals surface area (Å²) < 4.78 is 28.6. The van der Waals surface area contributed by atoms with Crippen LogP contribution in [-0.2, 0) is 10.0 Å². The minimum absolute atomic E-state index is 0.198. The molecule has 1 aromatic carbocycles. The van der Waals surface area contributed by atoms with Crippen molar-refractivity contribution in [2.75, 3.05) is 17.8 Å². The fourth-order valence-corrected chi connectivity index (χ4v) is 3.30. The quantitative estimate of drug-likeness (QED) is 0.618. The highest BCUT2D eigenvalue weighted by molar-refractivity contribution is 7.92. The van der Waals surface area contributed by atoms with Gasteiger partial charge in [0, 0.05) is 25.4 Å². The lowest BCUT2D eigenvalue weighted by molar-refractivity contribution is -0.387. The monoisotopic (exact) mass is 323 g/mol. The molecule has 9 nitrogen and oxygen atoms in total. The Morgan fingerprint density at radius 1 is 1.36 bits per heavy atom. The largest absolute Gasteiger partial charge is 0.312 e. The second-order valence-electron chi connectivity index (χ2n) is 4.85. The van der Waals surface area contributed by atoms with Crippen molar-refractivity contribution in [3.8, 4) is 0 Å². The number of aromatic nitrogens is 2. The van der Waals surface area contributed by atoms with Crippen LogP contribution in [0, 0.1) is 10.1 Å². The second kappa shape index (κ2) is 5.39. The smallest absolute Gasteiger partial charge is 0.289 e. The summed E-state index contributed by atoms with van der Waals surface area (Å²) in [5.74, 6) is 0. The van der Waals surface area contributed by atoms with E-state index in [2.05, 4.69) is 15.1 Å². The number of nitro benzene ring substituents is 1. The molecule has 116 valence electrons. The molecule has 0 unspecified atom stereocenters. The highest BCUT2D eigenvalue weighted by Gasteiger charge is 2.26. The van der Waals surface area contributed by atoms with Crippen LogP contribution in [0.4, 0.5) is 11.4 Å². The SMILES string of the molecule is O=[N+]([O-])c1ccccc1S(=O)(=O)Nc1cnn(C2CNC2)c1. The summed E-state index contributed by atoms with van der Waals surface area (Å²) in [5, 5.41) is 18.1. The number of anilines is 1. The fraction of sp³-hybridized carbons (Fsp3) is 0.250. The van der Waals surface area contributed by atoms with E-state index < -0.39 is 20.6 Å². The number of nitrogens with zero attached hydrogens (tertiary/aromatic N) is 3. The Morgan fingerprint density at radius 2 is 2.09 bits per heavy atom. The normalized spacial score (nSPS) is 15.3. The van der Waals surface area contributed by atoms with Crippen LogP contribution >= 0.6 is 0 Å². The van der Waals surface area contributed by atoms with E-state index in [1.807, 2.05) is 0 Å². The van der Waals surface area contributed by atoms with E-state index in [0.717, 1.165) is 19.2 Å². The Hall–Kier alpha value is -2.46. The molecular weight excluding hydrogens is 310 g/mol. The Labute approximate surface area is 126 Å². The fourth-order valence-electron chi connectivity index (χ4n) is 2.10. The first kappa shape index (κ1) is 14.5. The molecule has 10 heteroatoms. The molecule has 1 fully saturated rings. The van der Waals surface area contributed by atoms with E-state index in [-0.39, 0.29) is 16.6 Å². The molecule has 1 aromatic heterocycles. The molecule has 1 aliphatic rings. The van der Waals surface area contributed by atoms with Gasteiger partial charge in [-0.05, 0) is 6.07 Å². The first-order valence-electron chi connectivity index (χ1n) is 6.48. The van der Waals surface area contributed by atoms with E-state index >= 15 is 0 Å². The van der Waals surface area contributed by atoms with Crippen LogP contribution in [0.25, 0.3) is 0 Å². The van der Waals surface area contributed by atoms with Crippen LogP contribution in [0.2, 0.25) is 0 Å². The van der Waals surface area contributed by atoms with Crippen molar-refractivity contribution in [1.29, 1.82) is 0 Å². The molecule has 1 saturated heterocycles. The number of hydrogen-bond donors (Lipinski definition) is 2. The van der Waals surface area contributed by atoms with E-state index in [0.29, 0.717) is 0 Å². The molecule has 0 aliphatic carbocycles. The summed E-state index contributed by atoms with van der Waals surface area (Å²) in [6.45, 7) is 1.55. The lowest BCUT2D eigenvalue weighted by atomic mass is 10.2. The molecular formula is C12H13N5O4S. The van der Waals surface area contributed by atoms with Crippen molar-refractivity contribution < 1.29 is 13.3 Å². The lowest BCUT2D eigenvalue weighted by Crippen LogP contribution is -2.43. The molecule has 0 saturated carbocycles. The van der Waals surface area contributed by atoms with Crippen LogP contribution in [0.15, 0.2) is 41.6 Å². The molecule has 2 aromatic rings. The zero-order valence-corrected chi connectivity index (χ0v) is 12.2. The maximum absolute atomic E-state index is 12.3. The van der Waals surface area contributed by atoms with Gasteiger partial charge in [-0.2, -0.15) is 5.10 Å². The molecule has 2 heterocycles. The summed E-state index contributed by atoms with van der Waals surface area (Å²) >= 11 is 0. The predicted molar refractivity (Wildman–Crippen MR) is 78.0 cm³/mol. The minimum atomic E-state index is -4.05. The third kappa shape index (κ3) is 2.65. The van der Waals surface area contributed by atoms with Gasteiger partial charge >= 0.3 is 0 Å². The number of sulfonamides is 1. The van der Waals surface area contributed by atoms with Gasteiger partial charge < -0.3 is 5.32 Å². The second-order valence-corrected chi connectivity index (χ2v) is 6.50. The van der Waals surface area contributed by atoms with E-state index in [1.165, 1.54) is 24.4 Å². The van der Waals surface area contributed by atoms with Crippen LogP contribution in [-0.4, -0.2) is 36.2 Å². The molecule has 3 rings (SSSR count). The Balaban J connectivity index is 1.87. The third-order valence-electron chi connectivity index (χ3n) is 3.34. The van der Waals surface area contributed by atoms with Crippen LogP contribution in [0.5, 0.6) is 0 Å². The molecule has 22 heavy (non-hydrogen) atoms. The van der Waals surface area contributed by atoms with Crippen molar-refractivity contribution in [3.05, 3.63) is 46.8 Å². The number of nitrogens with one attached hydrogen (secondary N) is 2. The molecule has 0 bridgehead atoms. The highest BCUT2D eigenvalue weighted by atomic mass is 32.2. The average molecular weight is 323 g/mol. The molecule has 0 atom stereocenters. The standard InChI is InChI=1S/C12H13N5O4S/c18-17(19)11-3-1-2-4-12(11)22(20,21)15-9-5-14-16(8-9)10-6-13-7-10/h1-5,8,10,13,15H,6-7H2. The van der Waals surface area contributed by atoms with Crippen LogP contribution in [0.3, 0.4) is 0 Å². The predicted octanol–water partition coefficient (Wildman–Crippen LogP) is 0.736. The van der Waals surface area contributed by atoms with Gasteiger partial charge in [-0.3, -0.25) is 19.5 Å². The number of para-hydroxylation sites is 1. The zero-order valence-electron chi connectivity index (χ0n) is 11.3. The minimum Gasteiger partial charge on any atom is -0.312 e. The Bertz CT molecular complexity index is 812. The van der Waals surface area contributed by atoms with Gasteiger partial charge in [0.15, 0.2) is 4.90 Å². The Kier molecular flexibility index (Phi) is 3.54. The lowest BCUT2D eigenvalue weighted by Gasteiger charge is -2.27. The van der Waals surface area contributed by atoms with Gasteiger partial charge in [-0.1, -0.05) is 12.1 Å². The van der Waals surface area contributed by atoms with Crippen LogP contribution < -0.4 is 10.0 Å². The van der Waals surface area contributed by atoms with Crippen molar-refractivity contribution >= 4 is 21.4 Å². The maximum Gasteiger partial charge on any atom is 0.289 e. The summed E-state index contributed by atoms with van der Waals surface area (Å²) in [6.07, 6.45) is 2.95. The van der Waals surface area contributed by atoms with Gasteiger partial charge in [-0.15, -0.1) is 0 Å². The average Bonchev–Trinajstić information content (AvgIpc) is 2.84. The zero-order chi connectivity index (χ0) is 15.7. The molecule has 0 amide bonds. The van der Waals surface area contributed by atoms with E-state index in [9.17, 15) is 18.5 Å². The van der Waals surface area contributed by atoms with Gasteiger partial charge in [0.2, 0.25) is 0 Å². The highest BCUT2D eigenvalue weighted by Crippen LogP contribution is 2.25. The van der Waals surface area contributed by atoms with Crippen molar-refractivity contribution in [2.24, 2.45) is 0 Å². The van der Waals surface area contributed by atoms with Gasteiger partial charge in [-0.25, -0.2) is 8.42 Å².